The maximum Gasteiger partial charge on any atom is 0.257 e. The molecule has 1 aliphatic rings. The molecule has 0 aliphatic carbocycles. The van der Waals surface area contributed by atoms with Crippen LogP contribution < -0.4 is 15.0 Å². The van der Waals surface area contributed by atoms with Crippen LogP contribution in [0.15, 0.2) is 48.5 Å². The molecule has 0 atom stereocenters. The number of hydrogen-bond donors (Lipinski definition) is 1. The van der Waals surface area contributed by atoms with Crippen LogP contribution in [0.4, 0.5) is 5.69 Å². The van der Waals surface area contributed by atoms with Crippen LogP contribution in [0.1, 0.15) is 24.0 Å². The van der Waals surface area contributed by atoms with E-state index in [1.54, 1.807) is 0 Å². The van der Waals surface area contributed by atoms with E-state index in [1.165, 1.54) is 29.7 Å². The molecule has 0 saturated carbocycles. The Morgan fingerprint density at radius 3 is 2.40 bits per heavy atom. The van der Waals surface area contributed by atoms with Crippen molar-refractivity contribution < 1.29 is 9.53 Å². The van der Waals surface area contributed by atoms with Gasteiger partial charge in [-0.05, 0) is 56.0 Å². The molecule has 4 heteroatoms. The molecule has 2 aromatic rings. The molecule has 1 amide bonds. The lowest BCUT2D eigenvalue weighted by molar-refractivity contribution is -0.123. The molecule has 1 fully saturated rings. The first kappa shape index (κ1) is 17.3. The topological polar surface area (TPSA) is 41.6 Å². The van der Waals surface area contributed by atoms with Crippen LogP contribution in [0, 0.1) is 6.92 Å². The summed E-state index contributed by atoms with van der Waals surface area (Å²) in [4.78, 5) is 14.3. The second-order valence-corrected chi connectivity index (χ2v) is 6.56. The standard InChI is InChI=1S/C21H26N2O2/c1-17-4-10-20(11-5-17)25-16-21(24)22-13-12-18-6-8-19(9-7-18)23-14-2-3-15-23/h4-11H,2-3,12-16H2,1H3,(H,22,24). The largest absolute Gasteiger partial charge is 0.484 e. The number of aryl methyl sites for hydroxylation is 1. The van der Waals surface area contributed by atoms with Crippen LogP contribution in [0.25, 0.3) is 0 Å². The highest BCUT2D eigenvalue weighted by Gasteiger charge is 2.11. The first-order chi connectivity index (χ1) is 12.2. The number of carbonyl (C=O) groups excluding carboxylic acids is 1. The van der Waals surface area contributed by atoms with Crippen molar-refractivity contribution >= 4 is 11.6 Å². The number of anilines is 1. The van der Waals surface area contributed by atoms with Gasteiger partial charge in [0.25, 0.3) is 5.91 Å². The summed E-state index contributed by atoms with van der Waals surface area (Å²) in [6.45, 7) is 5.02. The zero-order valence-corrected chi connectivity index (χ0v) is 14.8. The molecule has 0 aromatic heterocycles. The molecule has 1 N–H and O–H groups in total. The van der Waals surface area contributed by atoms with E-state index >= 15 is 0 Å². The van der Waals surface area contributed by atoms with E-state index in [0.29, 0.717) is 6.54 Å². The molecule has 132 valence electrons. The Hall–Kier alpha value is -2.49. The van der Waals surface area contributed by atoms with Gasteiger partial charge in [0.2, 0.25) is 0 Å². The highest BCUT2D eigenvalue weighted by atomic mass is 16.5. The Bertz CT molecular complexity index is 674. The third-order valence-electron chi connectivity index (χ3n) is 4.53. The van der Waals surface area contributed by atoms with Crippen LogP contribution in [0.3, 0.4) is 0 Å². The van der Waals surface area contributed by atoms with Crippen molar-refractivity contribution in [1.82, 2.24) is 5.32 Å². The van der Waals surface area contributed by atoms with Crippen LogP contribution in [-0.4, -0.2) is 32.1 Å². The molecule has 0 radical (unpaired) electrons. The summed E-state index contributed by atoms with van der Waals surface area (Å²) in [6, 6.07) is 16.4. The van der Waals surface area contributed by atoms with Gasteiger partial charge in [0.05, 0.1) is 0 Å². The summed E-state index contributed by atoms with van der Waals surface area (Å²) in [5, 5.41) is 2.91. The van der Waals surface area contributed by atoms with E-state index in [4.69, 9.17) is 4.74 Å². The van der Waals surface area contributed by atoms with Crippen molar-refractivity contribution in [3.8, 4) is 5.75 Å². The Kier molecular flexibility index (Phi) is 5.94. The molecule has 25 heavy (non-hydrogen) atoms. The zero-order chi connectivity index (χ0) is 17.5. The van der Waals surface area contributed by atoms with Gasteiger partial charge in [-0.15, -0.1) is 0 Å². The minimum Gasteiger partial charge on any atom is -0.484 e. The van der Waals surface area contributed by atoms with E-state index in [9.17, 15) is 4.79 Å². The molecular weight excluding hydrogens is 312 g/mol. The zero-order valence-electron chi connectivity index (χ0n) is 14.8. The van der Waals surface area contributed by atoms with Crippen molar-refractivity contribution in [1.29, 1.82) is 0 Å². The third kappa shape index (κ3) is 5.24. The van der Waals surface area contributed by atoms with E-state index in [2.05, 4.69) is 34.5 Å². The number of nitrogens with one attached hydrogen (secondary N) is 1. The third-order valence-corrected chi connectivity index (χ3v) is 4.53. The monoisotopic (exact) mass is 338 g/mol. The van der Waals surface area contributed by atoms with Crippen molar-refractivity contribution in [2.24, 2.45) is 0 Å². The maximum absolute atomic E-state index is 11.9. The average Bonchev–Trinajstić information content (AvgIpc) is 3.16. The fourth-order valence-electron chi connectivity index (χ4n) is 3.03. The Morgan fingerprint density at radius 2 is 1.72 bits per heavy atom. The number of rotatable bonds is 7. The van der Waals surface area contributed by atoms with Crippen LogP contribution >= 0.6 is 0 Å². The maximum atomic E-state index is 11.9. The molecule has 1 saturated heterocycles. The average molecular weight is 338 g/mol. The highest BCUT2D eigenvalue weighted by Crippen LogP contribution is 2.20. The number of ether oxygens (including phenoxy) is 1. The van der Waals surface area contributed by atoms with Gasteiger partial charge >= 0.3 is 0 Å². The Labute approximate surface area is 149 Å². The summed E-state index contributed by atoms with van der Waals surface area (Å²) >= 11 is 0. The first-order valence-electron chi connectivity index (χ1n) is 9.01. The number of nitrogens with zero attached hydrogens (tertiary/aromatic N) is 1. The van der Waals surface area contributed by atoms with Crippen LogP contribution in [0.2, 0.25) is 0 Å². The summed E-state index contributed by atoms with van der Waals surface area (Å²) in [7, 11) is 0. The van der Waals surface area contributed by atoms with Gasteiger partial charge in [-0.25, -0.2) is 0 Å². The highest BCUT2D eigenvalue weighted by molar-refractivity contribution is 5.77. The Balaban J connectivity index is 1.37. The smallest absolute Gasteiger partial charge is 0.257 e. The minimum atomic E-state index is -0.0886. The minimum absolute atomic E-state index is 0.0525. The lowest BCUT2D eigenvalue weighted by atomic mass is 10.1. The normalized spacial score (nSPS) is 13.7. The van der Waals surface area contributed by atoms with E-state index in [-0.39, 0.29) is 12.5 Å². The van der Waals surface area contributed by atoms with E-state index in [0.717, 1.165) is 25.3 Å². The molecule has 0 bridgehead atoms. The molecule has 1 heterocycles. The molecule has 0 unspecified atom stereocenters. The SMILES string of the molecule is Cc1ccc(OCC(=O)NCCc2ccc(N3CCCC3)cc2)cc1. The van der Waals surface area contributed by atoms with E-state index < -0.39 is 0 Å². The molecular formula is C21H26N2O2. The molecule has 0 spiro atoms. The lowest BCUT2D eigenvalue weighted by Gasteiger charge is -2.17. The van der Waals surface area contributed by atoms with Gasteiger partial charge in [0.15, 0.2) is 6.61 Å². The fraction of sp³-hybridized carbons (Fsp3) is 0.381. The van der Waals surface area contributed by atoms with Crippen molar-refractivity contribution in [2.45, 2.75) is 26.2 Å². The summed E-state index contributed by atoms with van der Waals surface area (Å²) in [5.74, 6) is 0.632. The Morgan fingerprint density at radius 1 is 1.04 bits per heavy atom. The van der Waals surface area contributed by atoms with E-state index in [1.807, 2.05) is 31.2 Å². The van der Waals surface area contributed by atoms with Crippen molar-refractivity contribution in [2.75, 3.05) is 31.1 Å². The molecule has 1 aliphatic heterocycles. The van der Waals surface area contributed by atoms with Crippen molar-refractivity contribution in [3.63, 3.8) is 0 Å². The molecule has 2 aromatic carbocycles. The van der Waals surface area contributed by atoms with Gasteiger partial charge in [0, 0.05) is 25.3 Å². The number of benzene rings is 2. The summed E-state index contributed by atoms with van der Waals surface area (Å²) < 4.78 is 5.48. The predicted molar refractivity (Wildman–Crippen MR) is 101 cm³/mol. The van der Waals surface area contributed by atoms with Gasteiger partial charge in [-0.2, -0.15) is 0 Å². The second kappa shape index (κ2) is 8.56. The van der Waals surface area contributed by atoms with Gasteiger partial charge < -0.3 is 15.0 Å². The number of hydrogen-bond acceptors (Lipinski definition) is 3. The summed E-state index contributed by atoms with van der Waals surface area (Å²) in [6.07, 6.45) is 3.41. The quantitative estimate of drug-likeness (QED) is 0.842. The molecule has 3 rings (SSSR count). The van der Waals surface area contributed by atoms with Crippen molar-refractivity contribution in [3.05, 3.63) is 59.7 Å². The van der Waals surface area contributed by atoms with Crippen LogP contribution in [0.5, 0.6) is 5.75 Å². The number of carbonyl (C=O) groups is 1. The second-order valence-electron chi connectivity index (χ2n) is 6.56. The lowest BCUT2D eigenvalue weighted by Crippen LogP contribution is -2.30. The van der Waals surface area contributed by atoms with Crippen LogP contribution in [-0.2, 0) is 11.2 Å². The van der Waals surface area contributed by atoms with Gasteiger partial charge in [0.1, 0.15) is 5.75 Å². The summed E-state index contributed by atoms with van der Waals surface area (Å²) in [5.41, 5.74) is 3.71. The molecule has 4 nitrogen and oxygen atoms in total. The number of amides is 1. The van der Waals surface area contributed by atoms with Gasteiger partial charge in [-0.3, -0.25) is 4.79 Å². The van der Waals surface area contributed by atoms with Gasteiger partial charge in [-0.1, -0.05) is 29.8 Å². The fourth-order valence-corrected chi connectivity index (χ4v) is 3.03. The first-order valence-corrected chi connectivity index (χ1v) is 9.01. The predicted octanol–water partition coefficient (Wildman–Crippen LogP) is 3.33.